The molecule has 4 rings (SSSR count). The summed E-state index contributed by atoms with van der Waals surface area (Å²) in [7, 11) is 0. The zero-order valence-corrected chi connectivity index (χ0v) is 19.0. The van der Waals surface area contributed by atoms with E-state index in [0.717, 1.165) is 17.4 Å². The normalized spacial score (nSPS) is 10.9. The van der Waals surface area contributed by atoms with Gasteiger partial charge in [0.1, 0.15) is 29.7 Å². The topological polar surface area (TPSA) is 113 Å². The van der Waals surface area contributed by atoms with Gasteiger partial charge in [0.2, 0.25) is 0 Å². The molecule has 0 saturated heterocycles. The summed E-state index contributed by atoms with van der Waals surface area (Å²) in [5.74, 6) is -2.32. The number of benzene rings is 1. The second kappa shape index (κ2) is 9.44. The third-order valence-electron chi connectivity index (χ3n) is 5.15. The van der Waals surface area contributed by atoms with E-state index in [1.165, 1.54) is 10.9 Å². The molecule has 34 heavy (non-hydrogen) atoms. The van der Waals surface area contributed by atoms with Crippen molar-refractivity contribution in [2.24, 2.45) is 0 Å². The highest BCUT2D eigenvalue weighted by Gasteiger charge is 2.19. The molecule has 0 aliphatic rings. The lowest BCUT2D eigenvalue weighted by Gasteiger charge is -2.11. The first-order valence-corrected chi connectivity index (χ1v) is 11.1. The van der Waals surface area contributed by atoms with Crippen LogP contribution in [0.4, 0.5) is 14.6 Å². The minimum absolute atomic E-state index is 0.0439. The Labute approximate surface area is 197 Å². The first kappa shape index (κ1) is 23.1. The zero-order chi connectivity index (χ0) is 24.4. The van der Waals surface area contributed by atoms with Gasteiger partial charge in [-0.3, -0.25) is 0 Å². The van der Waals surface area contributed by atoms with E-state index in [0.29, 0.717) is 33.9 Å². The van der Waals surface area contributed by atoms with Crippen molar-refractivity contribution in [3.05, 3.63) is 58.4 Å². The molecule has 0 aliphatic carbocycles. The summed E-state index contributed by atoms with van der Waals surface area (Å²) in [6.45, 7) is 4.20. The van der Waals surface area contributed by atoms with E-state index in [1.54, 1.807) is 32.0 Å². The largest absolute Gasteiger partial charge is 0.492 e. The number of ether oxygens (including phenoxy) is 1. The number of aromatic nitrogens is 3. The molecular formula is C23H19F2N5O3S. The molecule has 0 atom stereocenters. The van der Waals surface area contributed by atoms with E-state index >= 15 is 0 Å². The van der Waals surface area contributed by atoms with Crippen LogP contribution in [-0.4, -0.2) is 38.8 Å². The Hall–Kier alpha value is -4.04. The Morgan fingerprint density at radius 3 is 2.79 bits per heavy atom. The van der Waals surface area contributed by atoms with Crippen molar-refractivity contribution in [2.75, 3.05) is 18.5 Å². The molecule has 8 nitrogen and oxygen atoms in total. The number of hydrogen-bond acceptors (Lipinski definition) is 7. The highest BCUT2D eigenvalue weighted by molar-refractivity contribution is 7.17. The second-order valence-corrected chi connectivity index (χ2v) is 8.35. The number of carbonyl (C=O) groups is 1. The molecule has 0 amide bonds. The second-order valence-electron chi connectivity index (χ2n) is 7.30. The van der Waals surface area contributed by atoms with E-state index in [2.05, 4.69) is 15.3 Å². The van der Waals surface area contributed by atoms with Gasteiger partial charge in [-0.1, -0.05) is 0 Å². The molecule has 0 radical (unpaired) electrons. The summed E-state index contributed by atoms with van der Waals surface area (Å²) < 4.78 is 35.3. The van der Waals surface area contributed by atoms with Crippen molar-refractivity contribution >= 4 is 34.0 Å². The number of anilines is 1. The quantitative estimate of drug-likeness (QED) is 0.369. The molecule has 0 bridgehead atoms. The van der Waals surface area contributed by atoms with Crippen LogP contribution in [0.3, 0.4) is 0 Å². The minimum Gasteiger partial charge on any atom is -0.492 e. The van der Waals surface area contributed by atoms with Crippen LogP contribution in [0.25, 0.3) is 21.5 Å². The maximum absolute atomic E-state index is 14.5. The molecule has 0 aliphatic heterocycles. The average Bonchev–Trinajstić information content (AvgIpc) is 3.40. The van der Waals surface area contributed by atoms with Gasteiger partial charge in [-0.05, 0) is 31.5 Å². The standard InChI is InChI=1S/C23H19F2N5O3S/c1-3-33-17-9-18(34-22(17)23(31)32)16-8-19(29-11-28-16)27-4-5-30-13(10-26)7-14-12(2)6-15(24)20(25)21(14)30/h6-9,11H,3-5H2,1-2H3,(H,31,32)(H,27,28,29). The van der Waals surface area contributed by atoms with Crippen LogP contribution in [0.15, 0.2) is 30.6 Å². The number of nitrogens with one attached hydrogen (secondary N) is 1. The Morgan fingerprint density at radius 1 is 1.29 bits per heavy atom. The number of nitrogens with zero attached hydrogens (tertiary/aromatic N) is 4. The van der Waals surface area contributed by atoms with Crippen molar-refractivity contribution in [3.63, 3.8) is 0 Å². The van der Waals surface area contributed by atoms with E-state index in [-0.39, 0.29) is 34.9 Å². The Morgan fingerprint density at radius 2 is 2.09 bits per heavy atom. The number of nitriles is 1. The van der Waals surface area contributed by atoms with Crippen LogP contribution in [0.5, 0.6) is 5.75 Å². The van der Waals surface area contributed by atoms with Crippen molar-refractivity contribution in [3.8, 4) is 22.4 Å². The Balaban J connectivity index is 1.56. The molecule has 3 heterocycles. The number of carboxylic acids is 1. The molecule has 4 aromatic rings. The summed E-state index contributed by atoms with van der Waals surface area (Å²) in [6.07, 6.45) is 1.34. The molecule has 0 unspecified atom stereocenters. The Bertz CT molecular complexity index is 1440. The number of hydrogen-bond donors (Lipinski definition) is 2. The van der Waals surface area contributed by atoms with E-state index < -0.39 is 17.6 Å². The number of aromatic carboxylic acids is 1. The smallest absolute Gasteiger partial charge is 0.349 e. The summed E-state index contributed by atoms with van der Waals surface area (Å²) >= 11 is 1.04. The number of rotatable bonds is 8. The van der Waals surface area contributed by atoms with Gasteiger partial charge in [0, 0.05) is 30.6 Å². The number of aryl methyl sites for hydroxylation is 1. The van der Waals surface area contributed by atoms with E-state index in [1.807, 2.05) is 6.07 Å². The van der Waals surface area contributed by atoms with Gasteiger partial charge >= 0.3 is 5.97 Å². The summed E-state index contributed by atoms with van der Waals surface area (Å²) in [5.41, 5.74) is 1.31. The van der Waals surface area contributed by atoms with Gasteiger partial charge in [-0.25, -0.2) is 23.5 Å². The van der Waals surface area contributed by atoms with Crippen LogP contribution in [0.2, 0.25) is 0 Å². The van der Waals surface area contributed by atoms with Crippen molar-refractivity contribution in [1.82, 2.24) is 14.5 Å². The van der Waals surface area contributed by atoms with Gasteiger partial charge < -0.3 is 19.7 Å². The molecule has 0 fully saturated rings. The van der Waals surface area contributed by atoms with E-state index in [9.17, 15) is 23.9 Å². The molecule has 174 valence electrons. The fourth-order valence-electron chi connectivity index (χ4n) is 3.65. The molecular weight excluding hydrogens is 464 g/mol. The molecule has 11 heteroatoms. The SMILES string of the molecule is CCOc1cc(-c2cc(NCCn3c(C#N)cc4c(C)cc(F)c(F)c43)ncn2)sc1C(=O)O. The predicted octanol–water partition coefficient (Wildman–Crippen LogP) is 4.83. The predicted molar refractivity (Wildman–Crippen MR) is 123 cm³/mol. The molecule has 1 aromatic carbocycles. The summed E-state index contributed by atoms with van der Waals surface area (Å²) in [4.78, 5) is 20.5. The maximum Gasteiger partial charge on any atom is 0.349 e. The molecule has 3 aromatic heterocycles. The van der Waals surface area contributed by atoms with Crippen LogP contribution in [-0.2, 0) is 6.54 Å². The van der Waals surface area contributed by atoms with Gasteiger partial charge in [-0.2, -0.15) is 5.26 Å². The van der Waals surface area contributed by atoms with Gasteiger partial charge in [0.05, 0.1) is 22.7 Å². The third-order valence-corrected chi connectivity index (χ3v) is 6.28. The lowest BCUT2D eigenvalue weighted by molar-refractivity contribution is 0.0698. The van der Waals surface area contributed by atoms with Crippen LogP contribution in [0.1, 0.15) is 27.9 Å². The average molecular weight is 484 g/mol. The van der Waals surface area contributed by atoms with Gasteiger partial charge in [0.15, 0.2) is 16.5 Å². The lowest BCUT2D eigenvalue weighted by atomic mass is 10.1. The number of halogens is 2. The maximum atomic E-state index is 14.5. The fourth-order valence-corrected chi connectivity index (χ4v) is 4.56. The fraction of sp³-hybridized carbons (Fsp3) is 0.217. The third kappa shape index (κ3) is 4.27. The number of fused-ring (bicyclic) bond motifs is 1. The molecule has 0 spiro atoms. The van der Waals surface area contributed by atoms with Crippen molar-refractivity contribution in [1.29, 1.82) is 5.26 Å². The minimum atomic E-state index is -1.08. The Kier molecular flexibility index (Phi) is 6.43. The van der Waals surface area contributed by atoms with E-state index in [4.69, 9.17) is 4.74 Å². The molecule has 2 N–H and O–H groups in total. The highest BCUT2D eigenvalue weighted by atomic mass is 32.1. The van der Waals surface area contributed by atoms with Crippen LogP contribution >= 0.6 is 11.3 Å². The first-order chi connectivity index (χ1) is 16.3. The zero-order valence-electron chi connectivity index (χ0n) is 18.2. The van der Waals surface area contributed by atoms with Crippen molar-refractivity contribution < 1.29 is 23.4 Å². The number of thiophene rings is 1. The summed E-state index contributed by atoms with van der Waals surface area (Å²) in [6, 6.07) is 7.95. The van der Waals surface area contributed by atoms with Crippen molar-refractivity contribution in [2.45, 2.75) is 20.4 Å². The number of carboxylic acid groups (broad SMARTS) is 1. The summed E-state index contributed by atoms with van der Waals surface area (Å²) in [5, 5.41) is 22.4. The molecule has 0 saturated carbocycles. The van der Waals surface area contributed by atoms with Gasteiger partial charge in [-0.15, -0.1) is 11.3 Å². The van der Waals surface area contributed by atoms with Gasteiger partial charge in [0.25, 0.3) is 0 Å². The highest BCUT2D eigenvalue weighted by Crippen LogP contribution is 2.36. The monoisotopic (exact) mass is 483 g/mol. The first-order valence-electron chi connectivity index (χ1n) is 10.3. The van der Waals surface area contributed by atoms with Crippen LogP contribution in [0, 0.1) is 29.9 Å². The lowest BCUT2D eigenvalue weighted by Crippen LogP contribution is -2.13. The van der Waals surface area contributed by atoms with Crippen LogP contribution < -0.4 is 10.1 Å².